The number of rotatable bonds is 2. The lowest BCUT2D eigenvalue weighted by Crippen LogP contribution is -2.54. The molecule has 0 unspecified atom stereocenters. The molecule has 2 saturated carbocycles. The van der Waals surface area contributed by atoms with E-state index < -0.39 is 12.3 Å². The summed E-state index contributed by atoms with van der Waals surface area (Å²) in [5, 5.41) is 16.7. The summed E-state index contributed by atoms with van der Waals surface area (Å²) >= 11 is 0. The largest absolute Gasteiger partial charge is 0.506 e. The van der Waals surface area contributed by atoms with Crippen LogP contribution in [0.2, 0.25) is 0 Å². The highest BCUT2D eigenvalue weighted by atomic mass is 16.7. The Labute approximate surface area is 85.8 Å². The highest BCUT2D eigenvalue weighted by Gasteiger charge is 2.55. The maximum Gasteiger partial charge on any atom is 0.506 e. The summed E-state index contributed by atoms with van der Waals surface area (Å²) in [6, 6.07) is 0. The molecule has 15 heavy (non-hydrogen) atoms. The predicted octanol–water partition coefficient (Wildman–Crippen LogP) is 1.69. The molecule has 84 valence electrons. The highest BCUT2D eigenvalue weighted by molar-refractivity contribution is 5.57. The first kappa shape index (κ1) is 10.1. The first-order valence-corrected chi connectivity index (χ1v) is 4.78. The Balaban J connectivity index is 1.68. The van der Waals surface area contributed by atoms with E-state index in [0.29, 0.717) is 25.7 Å². The van der Waals surface area contributed by atoms with E-state index in [1.807, 2.05) is 0 Å². The second kappa shape index (κ2) is 3.29. The molecule has 6 nitrogen and oxygen atoms in total. The van der Waals surface area contributed by atoms with E-state index >= 15 is 0 Å². The minimum absolute atomic E-state index is 0.0836. The van der Waals surface area contributed by atoms with Crippen molar-refractivity contribution in [2.45, 2.75) is 37.9 Å². The Morgan fingerprint density at radius 2 is 1.27 bits per heavy atom. The average Bonchev–Trinajstić information content (AvgIpc) is 1.94. The Bertz CT molecular complexity index is 253. The van der Waals surface area contributed by atoms with E-state index in [1.54, 1.807) is 0 Å². The van der Waals surface area contributed by atoms with Crippen molar-refractivity contribution >= 4 is 12.3 Å². The van der Waals surface area contributed by atoms with Crippen LogP contribution < -0.4 is 0 Å². The lowest BCUT2D eigenvalue weighted by atomic mass is 9.53. The molecule has 0 aromatic rings. The van der Waals surface area contributed by atoms with E-state index in [4.69, 9.17) is 10.2 Å². The zero-order chi connectivity index (χ0) is 11.1. The molecular formula is C9H12O6. The summed E-state index contributed by atoms with van der Waals surface area (Å²) in [4.78, 5) is 20.4. The molecule has 2 fully saturated rings. The lowest BCUT2D eigenvalue weighted by Gasteiger charge is -2.55. The third kappa shape index (κ3) is 1.98. The number of hydrogen-bond donors (Lipinski definition) is 2. The molecule has 0 amide bonds. The molecule has 1 spiro atoms. The molecule has 2 aliphatic carbocycles. The van der Waals surface area contributed by atoms with Gasteiger partial charge in [-0.05, 0) is 31.1 Å². The van der Waals surface area contributed by atoms with Gasteiger partial charge in [0.15, 0.2) is 0 Å². The predicted molar refractivity (Wildman–Crippen MR) is 46.7 cm³/mol. The monoisotopic (exact) mass is 216 g/mol. The van der Waals surface area contributed by atoms with Crippen molar-refractivity contribution in [1.82, 2.24) is 0 Å². The van der Waals surface area contributed by atoms with Crippen LogP contribution >= 0.6 is 0 Å². The van der Waals surface area contributed by atoms with Gasteiger partial charge in [-0.2, -0.15) is 0 Å². The van der Waals surface area contributed by atoms with Gasteiger partial charge < -0.3 is 19.7 Å². The summed E-state index contributed by atoms with van der Waals surface area (Å²) in [5.74, 6) is 0. The van der Waals surface area contributed by atoms with Crippen molar-refractivity contribution in [3.63, 3.8) is 0 Å². The standard InChI is InChI=1S/C9H12O6/c10-7(11)14-5-1-9(2-5)3-6(4-9)15-8(12)13/h5-6H,1-4H2,(H,10,11)(H,12,13). The molecule has 2 rings (SSSR count). The van der Waals surface area contributed by atoms with Crippen LogP contribution in [0.15, 0.2) is 0 Å². The zero-order valence-corrected chi connectivity index (χ0v) is 8.01. The van der Waals surface area contributed by atoms with Gasteiger partial charge in [-0.1, -0.05) is 0 Å². The molecule has 0 radical (unpaired) electrons. The molecule has 0 saturated heterocycles. The van der Waals surface area contributed by atoms with Crippen molar-refractivity contribution < 1.29 is 29.3 Å². The van der Waals surface area contributed by atoms with Crippen molar-refractivity contribution in [3.8, 4) is 0 Å². The van der Waals surface area contributed by atoms with E-state index in [2.05, 4.69) is 9.47 Å². The van der Waals surface area contributed by atoms with Crippen molar-refractivity contribution in [1.29, 1.82) is 0 Å². The van der Waals surface area contributed by atoms with E-state index in [9.17, 15) is 9.59 Å². The van der Waals surface area contributed by atoms with Crippen molar-refractivity contribution in [3.05, 3.63) is 0 Å². The number of carboxylic acid groups (broad SMARTS) is 2. The topological polar surface area (TPSA) is 93.1 Å². The minimum atomic E-state index is -1.24. The van der Waals surface area contributed by atoms with Gasteiger partial charge in [0.1, 0.15) is 12.2 Å². The first-order chi connectivity index (χ1) is 6.99. The van der Waals surface area contributed by atoms with Crippen LogP contribution in [0, 0.1) is 5.41 Å². The molecule has 0 aromatic heterocycles. The summed E-state index contributed by atoms with van der Waals surface area (Å²) in [7, 11) is 0. The highest BCUT2D eigenvalue weighted by Crippen LogP contribution is 2.57. The van der Waals surface area contributed by atoms with E-state index in [0.717, 1.165) is 0 Å². The molecule has 2 N–H and O–H groups in total. The van der Waals surface area contributed by atoms with Crippen molar-refractivity contribution in [2.24, 2.45) is 5.41 Å². The smallest absolute Gasteiger partial charge is 0.450 e. The fourth-order valence-electron chi connectivity index (χ4n) is 2.60. The minimum Gasteiger partial charge on any atom is -0.450 e. The number of ether oxygens (including phenoxy) is 2. The quantitative estimate of drug-likeness (QED) is 0.682. The summed E-state index contributed by atoms with van der Waals surface area (Å²) < 4.78 is 9.19. The maximum atomic E-state index is 10.2. The zero-order valence-electron chi connectivity index (χ0n) is 8.01. The van der Waals surface area contributed by atoms with Gasteiger partial charge in [0.05, 0.1) is 0 Å². The molecule has 2 aliphatic rings. The van der Waals surface area contributed by atoms with Gasteiger partial charge in [-0.3, -0.25) is 0 Å². The van der Waals surface area contributed by atoms with Gasteiger partial charge in [0.2, 0.25) is 0 Å². The van der Waals surface area contributed by atoms with Crippen LogP contribution in [0.3, 0.4) is 0 Å². The molecule has 0 heterocycles. The summed E-state index contributed by atoms with van der Waals surface area (Å²) in [5.41, 5.74) is 0.0836. The second-order valence-corrected chi connectivity index (χ2v) is 4.33. The molecular weight excluding hydrogens is 204 g/mol. The third-order valence-electron chi connectivity index (χ3n) is 3.18. The van der Waals surface area contributed by atoms with Crippen LogP contribution in [-0.2, 0) is 9.47 Å². The van der Waals surface area contributed by atoms with Gasteiger partial charge >= 0.3 is 12.3 Å². The fourth-order valence-corrected chi connectivity index (χ4v) is 2.60. The molecule has 0 aromatic carbocycles. The van der Waals surface area contributed by atoms with Crippen molar-refractivity contribution in [2.75, 3.05) is 0 Å². The van der Waals surface area contributed by atoms with Gasteiger partial charge in [-0.25, -0.2) is 9.59 Å². The van der Waals surface area contributed by atoms with Crippen LogP contribution in [0.25, 0.3) is 0 Å². The van der Waals surface area contributed by atoms with Gasteiger partial charge in [0.25, 0.3) is 0 Å². The second-order valence-electron chi connectivity index (χ2n) is 4.33. The SMILES string of the molecule is O=C(O)OC1CC2(C1)CC(OC(=O)O)C2. The molecule has 0 bridgehead atoms. The summed E-state index contributed by atoms with van der Waals surface area (Å²) in [6.07, 6.45) is -0.142. The van der Waals surface area contributed by atoms with Crippen LogP contribution in [0.1, 0.15) is 25.7 Å². The summed E-state index contributed by atoms with van der Waals surface area (Å²) in [6.45, 7) is 0. The maximum absolute atomic E-state index is 10.2. The Hall–Kier alpha value is -1.46. The van der Waals surface area contributed by atoms with Crippen LogP contribution in [-0.4, -0.2) is 34.7 Å². The molecule has 0 aliphatic heterocycles. The van der Waals surface area contributed by atoms with Gasteiger partial charge in [0, 0.05) is 0 Å². The average molecular weight is 216 g/mol. The molecule has 0 atom stereocenters. The van der Waals surface area contributed by atoms with E-state index in [-0.39, 0.29) is 17.6 Å². The third-order valence-corrected chi connectivity index (χ3v) is 3.18. The fraction of sp³-hybridized carbons (Fsp3) is 0.778. The Kier molecular flexibility index (Phi) is 2.21. The van der Waals surface area contributed by atoms with Crippen LogP contribution in [0.5, 0.6) is 0 Å². The van der Waals surface area contributed by atoms with E-state index in [1.165, 1.54) is 0 Å². The number of hydrogen-bond acceptors (Lipinski definition) is 4. The first-order valence-electron chi connectivity index (χ1n) is 4.78. The lowest BCUT2D eigenvalue weighted by molar-refractivity contribution is -0.150. The van der Waals surface area contributed by atoms with Crippen LogP contribution in [0.4, 0.5) is 9.59 Å². The Morgan fingerprint density at radius 3 is 1.53 bits per heavy atom. The molecule has 6 heteroatoms. The van der Waals surface area contributed by atoms with Gasteiger partial charge in [-0.15, -0.1) is 0 Å². The Morgan fingerprint density at radius 1 is 0.933 bits per heavy atom. The number of carbonyl (C=O) groups is 2. The normalized spacial score (nSPS) is 37.6.